The maximum Gasteiger partial charge on any atom is 0.266 e. The first-order valence-corrected chi connectivity index (χ1v) is 7.61. The summed E-state index contributed by atoms with van der Waals surface area (Å²) in [4.78, 5) is 20.6. The van der Waals surface area contributed by atoms with Crippen LogP contribution in [0, 0.1) is 11.8 Å². The average molecular weight is 298 g/mol. The molecular formula is C16H18N4O2. The molecular weight excluding hydrogens is 280 g/mol. The highest BCUT2D eigenvalue weighted by atomic mass is 16.5. The van der Waals surface area contributed by atoms with Crippen LogP contribution in [0.4, 0.5) is 5.95 Å². The van der Waals surface area contributed by atoms with Crippen LogP contribution in [0.15, 0.2) is 34.9 Å². The van der Waals surface area contributed by atoms with E-state index in [1.54, 1.807) is 0 Å². The number of carbonyl (C=O) groups excluding carboxylic acids is 1. The molecule has 0 bridgehead atoms. The van der Waals surface area contributed by atoms with E-state index in [1.165, 1.54) is 0 Å². The van der Waals surface area contributed by atoms with Crippen molar-refractivity contribution >= 4 is 11.9 Å². The van der Waals surface area contributed by atoms with E-state index in [-0.39, 0.29) is 11.8 Å². The Morgan fingerprint density at radius 2 is 2.05 bits per heavy atom. The van der Waals surface area contributed by atoms with E-state index in [4.69, 9.17) is 4.52 Å². The second-order valence-electron chi connectivity index (χ2n) is 6.09. The molecule has 2 aliphatic rings. The van der Waals surface area contributed by atoms with Gasteiger partial charge < -0.3 is 14.3 Å². The van der Waals surface area contributed by atoms with Crippen molar-refractivity contribution in [2.24, 2.45) is 11.8 Å². The number of carbonyl (C=O) groups is 1. The molecule has 0 spiro atoms. The Morgan fingerprint density at radius 3 is 2.86 bits per heavy atom. The number of anilines is 1. The van der Waals surface area contributed by atoms with Crippen LogP contribution in [-0.2, 0) is 4.79 Å². The van der Waals surface area contributed by atoms with E-state index >= 15 is 0 Å². The maximum absolute atomic E-state index is 12.2. The van der Waals surface area contributed by atoms with Crippen LogP contribution >= 0.6 is 0 Å². The molecule has 0 unspecified atom stereocenters. The van der Waals surface area contributed by atoms with E-state index in [2.05, 4.69) is 15.0 Å². The number of benzene rings is 1. The van der Waals surface area contributed by atoms with Crippen molar-refractivity contribution in [2.75, 3.05) is 31.6 Å². The number of likely N-dealkylation sites (tertiary alicyclic amines) is 1. The summed E-state index contributed by atoms with van der Waals surface area (Å²) in [5.41, 5.74) is 0.911. The fraction of sp³-hybridized carbons (Fsp3) is 0.438. The third kappa shape index (κ3) is 2.15. The molecule has 2 fully saturated rings. The Hall–Kier alpha value is -2.37. The molecule has 6 heteroatoms. The lowest BCUT2D eigenvalue weighted by Crippen LogP contribution is -2.42. The Labute approximate surface area is 128 Å². The molecule has 22 heavy (non-hydrogen) atoms. The third-order valence-corrected chi connectivity index (χ3v) is 4.69. The number of nitrogens with zero attached hydrogens (tertiary/aromatic N) is 4. The Kier molecular flexibility index (Phi) is 3.10. The normalized spacial score (nSPS) is 24.7. The van der Waals surface area contributed by atoms with Crippen LogP contribution in [0.1, 0.15) is 6.42 Å². The van der Waals surface area contributed by atoms with E-state index in [1.807, 2.05) is 42.3 Å². The summed E-state index contributed by atoms with van der Waals surface area (Å²) in [6, 6.07) is 9.73. The lowest BCUT2D eigenvalue weighted by Gasteiger charge is -2.30. The van der Waals surface area contributed by atoms with Gasteiger partial charge in [-0.05, 0) is 29.6 Å². The van der Waals surface area contributed by atoms with Crippen molar-refractivity contribution < 1.29 is 9.32 Å². The second kappa shape index (κ2) is 5.12. The predicted octanol–water partition coefficient (Wildman–Crippen LogP) is 1.65. The molecule has 0 radical (unpaired) electrons. The van der Waals surface area contributed by atoms with Crippen molar-refractivity contribution in [3.63, 3.8) is 0 Å². The zero-order valence-electron chi connectivity index (χ0n) is 12.5. The first-order valence-electron chi connectivity index (χ1n) is 7.61. The van der Waals surface area contributed by atoms with Crippen molar-refractivity contribution in [3.05, 3.63) is 30.3 Å². The molecule has 0 N–H and O–H groups in total. The molecule has 1 aromatic carbocycles. The zero-order chi connectivity index (χ0) is 15.1. The summed E-state index contributed by atoms with van der Waals surface area (Å²) in [5, 5.41) is 4.09. The summed E-state index contributed by atoms with van der Waals surface area (Å²) in [6.45, 7) is 2.36. The first kappa shape index (κ1) is 13.3. The van der Waals surface area contributed by atoms with Crippen LogP contribution in [0.25, 0.3) is 11.5 Å². The maximum atomic E-state index is 12.2. The number of hydrogen-bond donors (Lipinski definition) is 0. The number of hydrogen-bond acceptors (Lipinski definition) is 5. The highest BCUT2D eigenvalue weighted by Crippen LogP contribution is 2.33. The number of amides is 1. The molecule has 2 atom stereocenters. The van der Waals surface area contributed by atoms with E-state index < -0.39 is 0 Å². The summed E-state index contributed by atoms with van der Waals surface area (Å²) in [7, 11) is 1.88. The van der Waals surface area contributed by atoms with Gasteiger partial charge in [-0.25, -0.2) is 0 Å². The van der Waals surface area contributed by atoms with Gasteiger partial charge in [0.2, 0.25) is 5.91 Å². The minimum absolute atomic E-state index is 0.0671. The van der Waals surface area contributed by atoms with Crippen LogP contribution in [-0.4, -0.2) is 47.6 Å². The Bertz CT molecular complexity index is 684. The largest absolute Gasteiger partial charge is 0.345 e. The van der Waals surface area contributed by atoms with Gasteiger partial charge in [-0.3, -0.25) is 4.79 Å². The molecule has 114 valence electrons. The van der Waals surface area contributed by atoms with Gasteiger partial charge in [0.15, 0.2) is 0 Å². The fourth-order valence-corrected chi connectivity index (χ4v) is 3.40. The quantitative estimate of drug-likeness (QED) is 0.843. The van der Waals surface area contributed by atoms with Crippen LogP contribution in [0.3, 0.4) is 0 Å². The number of piperidine rings is 1. The lowest BCUT2D eigenvalue weighted by molar-refractivity contribution is -0.137. The monoisotopic (exact) mass is 298 g/mol. The summed E-state index contributed by atoms with van der Waals surface area (Å²) >= 11 is 0. The topological polar surface area (TPSA) is 62.5 Å². The van der Waals surface area contributed by atoms with E-state index in [9.17, 15) is 4.79 Å². The van der Waals surface area contributed by atoms with Gasteiger partial charge in [0.05, 0.1) is 5.92 Å². The van der Waals surface area contributed by atoms with Gasteiger partial charge in [0, 0.05) is 32.2 Å². The molecule has 6 nitrogen and oxygen atoms in total. The summed E-state index contributed by atoms with van der Waals surface area (Å²) < 4.78 is 5.37. The number of fused-ring (bicyclic) bond motifs is 1. The van der Waals surface area contributed by atoms with Gasteiger partial charge >= 0.3 is 0 Å². The zero-order valence-corrected chi connectivity index (χ0v) is 12.5. The van der Waals surface area contributed by atoms with Gasteiger partial charge in [-0.15, -0.1) is 0 Å². The van der Waals surface area contributed by atoms with Crippen molar-refractivity contribution in [2.45, 2.75) is 6.42 Å². The molecule has 2 saturated heterocycles. The summed E-state index contributed by atoms with van der Waals surface area (Å²) in [6.07, 6.45) is 1.05. The molecule has 2 aromatic rings. The highest BCUT2D eigenvalue weighted by Gasteiger charge is 2.42. The molecule has 0 saturated carbocycles. The van der Waals surface area contributed by atoms with Crippen LogP contribution in [0.2, 0.25) is 0 Å². The number of aromatic nitrogens is 2. The molecule has 4 rings (SSSR count). The Morgan fingerprint density at radius 1 is 1.23 bits per heavy atom. The van der Waals surface area contributed by atoms with Gasteiger partial charge in [0.1, 0.15) is 0 Å². The smallest absolute Gasteiger partial charge is 0.266 e. The van der Waals surface area contributed by atoms with Crippen LogP contribution < -0.4 is 4.90 Å². The van der Waals surface area contributed by atoms with Crippen molar-refractivity contribution in [1.82, 2.24) is 15.0 Å². The lowest BCUT2D eigenvalue weighted by atomic mass is 9.88. The van der Waals surface area contributed by atoms with Gasteiger partial charge in [-0.1, -0.05) is 18.2 Å². The predicted molar refractivity (Wildman–Crippen MR) is 81.2 cm³/mol. The van der Waals surface area contributed by atoms with E-state index in [0.717, 1.165) is 25.1 Å². The van der Waals surface area contributed by atoms with Crippen molar-refractivity contribution in [3.8, 4) is 11.5 Å². The highest BCUT2D eigenvalue weighted by molar-refractivity contribution is 5.81. The molecule has 0 aliphatic carbocycles. The molecule has 1 aromatic heterocycles. The van der Waals surface area contributed by atoms with Gasteiger partial charge in [-0.2, -0.15) is 4.98 Å². The number of rotatable bonds is 2. The minimum atomic E-state index is 0.0671. The Balaban J connectivity index is 1.55. The van der Waals surface area contributed by atoms with Gasteiger partial charge in [0.25, 0.3) is 11.8 Å². The first-order chi connectivity index (χ1) is 10.7. The summed E-state index contributed by atoms with van der Waals surface area (Å²) in [5.74, 6) is 1.82. The average Bonchev–Trinajstić information content (AvgIpc) is 3.19. The molecule has 3 heterocycles. The third-order valence-electron chi connectivity index (χ3n) is 4.69. The molecule has 1 amide bonds. The standard InChI is InChI=1S/C16H18N4O2/c1-19-8-7-12-9-20(10-13(12)15(19)21)16-17-14(22-18-16)11-5-3-2-4-6-11/h2-6,12-13H,7-10H2,1H3/t12-,13+/m1/s1. The van der Waals surface area contributed by atoms with Crippen molar-refractivity contribution in [1.29, 1.82) is 0 Å². The molecule has 2 aliphatic heterocycles. The second-order valence-corrected chi connectivity index (χ2v) is 6.09. The SMILES string of the molecule is CN1CC[C@@H]2CN(c3noc(-c4ccccc4)n3)C[C@@H]2C1=O. The van der Waals surface area contributed by atoms with Crippen LogP contribution in [0.5, 0.6) is 0 Å². The van der Waals surface area contributed by atoms with E-state index in [0.29, 0.717) is 24.3 Å². The fourth-order valence-electron chi connectivity index (χ4n) is 3.40. The minimum Gasteiger partial charge on any atom is -0.345 e.